The van der Waals surface area contributed by atoms with Crippen molar-refractivity contribution < 1.29 is 0 Å². The molecule has 0 bridgehead atoms. The van der Waals surface area contributed by atoms with Gasteiger partial charge in [-0.1, -0.05) is 34.7 Å². The van der Waals surface area contributed by atoms with Gasteiger partial charge in [-0.25, -0.2) is 0 Å². The van der Waals surface area contributed by atoms with Crippen molar-refractivity contribution >= 4 is 22.4 Å². The molecular weight excluding hydrogens is 208 g/mol. The van der Waals surface area contributed by atoms with E-state index < -0.39 is 0 Å². The van der Waals surface area contributed by atoms with Crippen molar-refractivity contribution in [1.29, 1.82) is 0 Å². The van der Waals surface area contributed by atoms with Gasteiger partial charge in [0, 0.05) is 17.2 Å². The van der Waals surface area contributed by atoms with E-state index in [0.29, 0.717) is 0 Å². The van der Waals surface area contributed by atoms with Gasteiger partial charge in [-0.2, -0.15) is 0 Å². The molecule has 0 spiro atoms. The third-order valence-corrected chi connectivity index (χ3v) is 2.78. The maximum atomic E-state index is 3.87. The second kappa shape index (κ2) is 4.35. The fourth-order valence-electron chi connectivity index (χ4n) is 1.49. The number of nitrogens with one attached hydrogen (secondary N) is 1. The van der Waals surface area contributed by atoms with Crippen LogP contribution in [0.25, 0.3) is 0 Å². The Bertz CT molecular complexity index is 439. The molecule has 1 aromatic heterocycles. The molecule has 0 aliphatic rings. The summed E-state index contributed by atoms with van der Waals surface area (Å²) in [6, 6.07) is 6.26. The van der Waals surface area contributed by atoms with Gasteiger partial charge in [0.15, 0.2) is 0 Å². The summed E-state index contributed by atoms with van der Waals surface area (Å²) >= 11 is 1.26. The molecule has 1 heterocycles. The zero-order valence-electron chi connectivity index (χ0n) is 8.69. The van der Waals surface area contributed by atoms with Crippen LogP contribution in [0.4, 0.5) is 10.8 Å². The normalized spacial score (nSPS) is 10.3. The van der Waals surface area contributed by atoms with E-state index in [1.54, 1.807) is 0 Å². The second-order valence-electron chi connectivity index (χ2n) is 3.26. The Morgan fingerprint density at radius 3 is 2.93 bits per heavy atom. The van der Waals surface area contributed by atoms with E-state index in [0.717, 1.165) is 17.2 Å². The highest BCUT2D eigenvalue weighted by Gasteiger charge is 2.06. The first-order chi connectivity index (χ1) is 7.31. The Kier molecular flexibility index (Phi) is 2.91. The molecule has 0 unspecified atom stereocenters. The predicted octanol–water partition coefficient (Wildman–Crippen LogP) is 2.55. The average molecular weight is 220 g/mol. The van der Waals surface area contributed by atoms with Gasteiger partial charge in [0.25, 0.3) is 0 Å². The van der Waals surface area contributed by atoms with Gasteiger partial charge in [-0.15, -0.1) is 0 Å². The van der Waals surface area contributed by atoms with Crippen molar-refractivity contribution in [2.24, 2.45) is 0 Å². The monoisotopic (exact) mass is 220 g/mol. The van der Waals surface area contributed by atoms with Gasteiger partial charge in [0.1, 0.15) is 0 Å². The first-order valence-corrected chi connectivity index (χ1v) is 5.59. The van der Waals surface area contributed by atoms with E-state index in [1.165, 1.54) is 22.7 Å². The third kappa shape index (κ3) is 2.12. The van der Waals surface area contributed by atoms with Crippen LogP contribution in [0.15, 0.2) is 18.2 Å². The highest BCUT2D eigenvalue weighted by Crippen LogP contribution is 2.25. The summed E-state index contributed by atoms with van der Waals surface area (Å²) < 4.78 is 3.72. The molecular formula is C10H12N4S. The van der Waals surface area contributed by atoms with Crippen molar-refractivity contribution in [3.63, 3.8) is 0 Å². The molecule has 1 N–H and O–H groups in total. The number of aryl methyl sites for hydroxylation is 2. The number of hydrogen-bond acceptors (Lipinski definition) is 5. The predicted molar refractivity (Wildman–Crippen MR) is 61.5 cm³/mol. The Labute approximate surface area is 92.5 Å². The van der Waals surface area contributed by atoms with Gasteiger partial charge in [-0.05, 0) is 29.7 Å². The summed E-state index contributed by atoms with van der Waals surface area (Å²) in [6.45, 7) is 4.22. The number of rotatable bonds is 3. The standard InChI is InChI=1S/C10H12N4S/c1-3-8-6-4-5-7(2)9(8)11-10-12-13-14-15-10/h4-6H,3H2,1-2H3,(H,11,12,14). The van der Waals surface area contributed by atoms with Crippen molar-refractivity contribution in [3.05, 3.63) is 29.3 Å². The van der Waals surface area contributed by atoms with Gasteiger partial charge >= 0.3 is 0 Å². The number of para-hydroxylation sites is 1. The second-order valence-corrected chi connectivity index (χ2v) is 3.99. The fraction of sp³-hybridized carbons (Fsp3) is 0.300. The summed E-state index contributed by atoms with van der Waals surface area (Å²) in [6.07, 6.45) is 0.996. The molecule has 2 aromatic rings. The summed E-state index contributed by atoms with van der Waals surface area (Å²) in [7, 11) is 0. The zero-order valence-corrected chi connectivity index (χ0v) is 9.51. The van der Waals surface area contributed by atoms with Crippen LogP contribution in [0.5, 0.6) is 0 Å². The smallest absolute Gasteiger partial charge is 0.229 e. The van der Waals surface area contributed by atoms with Crippen LogP contribution < -0.4 is 5.32 Å². The third-order valence-electron chi connectivity index (χ3n) is 2.27. The average Bonchev–Trinajstić information content (AvgIpc) is 2.74. The van der Waals surface area contributed by atoms with E-state index in [9.17, 15) is 0 Å². The lowest BCUT2D eigenvalue weighted by atomic mass is 10.1. The fourth-order valence-corrected chi connectivity index (χ4v) is 1.86. The van der Waals surface area contributed by atoms with Gasteiger partial charge in [0.2, 0.25) is 5.13 Å². The molecule has 0 saturated heterocycles. The lowest BCUT2D eigenvalue weighted by Gasteiger charge is -2.10. The molecule has 0 aliphatic heterocycles. The highest BCUT2D eigenvalue weighted by atomic mass is 32.1. The summed E-state index contributed by atoms with van der Waals surface area (Å²) in [5, 5.41) is 11.4. The number of aromatic nitrogens is 3. The SMILES string of the molecule is CCc1cccc(C)c1Nc1nnns1. The molecule has 2 rings (SSSR count). The van der Waals surface area contributed by atoms with Crippen molar-refractivity contribution in [1.82, 2.24) is 14.8 Å². The Morgan fingerprint density at radius 2 is 2.27 bits per heavy atom. The van der Waals surface area contributed by atoms with Crippen LogP contribution in [0.1, 0.15) is 18.1 Å². The summed E-state index contributed by atoms with van der Waals surface area (Å²) in [5.41, 5.74) is 3.62. The Hall–Kier alpha value is -1.49. The molecule has 0 fully saturated rings. The largest absolute Gasteiger partial charge is 0.328 e. The lowest BCUT2D eigenvalue weighted by Crippen LogP contribution is -1.97. The first kappa shape index (κ1) is 10.0. The minimum Gasteiger partial charge on any atom is -0.328 e. The summed E-state index contributed by atoms with van der Waals surface area (Å²) in [5.74, 6) is 0. The van der Waals surface area contributed by atoms with Gasteiger partial charge < -0.3 is 5.32 Å². The first-order valence-electron chi connectivity index (χ1n) is 4.81. The van der Waals surface area contributed by atoms with Crippen LogP contribution in [-0.2, 0) is 6.42 Å². The number of benzene rings is 1. The zero-order chi connectivity index (χ0) is 10.7. The van der Waals surface area contributed by atoms with Crippen LogP contribution in [0.3, 0.4) is 0 Å². The summed E-state index contributed by atoms with van der Waals surface area (Å²) in [4.78, 5) is 0. The molecule has 1 aromatic carbocycles. The number of nitrogens with zero attached hydrogens (tertiary/aromatic N) is 3. The molecule has 0 amide bonds. The highest BCUT2D eigenvalue weighted by molar-refractivity contribution is 7.09. The lowest BCUT2D eigenvalue weighted by molar-refractivity contribution is 0.960. The van der Waals surface area contributed by atoms with Crippen LogP contribution in [-0.4, -0.2) is 14.8 Å². The van der Waals surface area contributed by atoms with E-state index in [1.807, 2.05) is 0 Å². The topological polar surface area (TPSA) is 50.7 Å². The maximum Gasteiger partial charge on any atom is 0.229 e. The molecule has 0 atom stereocenters. The Balaban J connectivity index is 2.34. The number of anilines is 2. The minimum absolute atomic E-state index is 0.735. The molecule has 15 heavy (non-hydrogen) atoms. The molecule has 78 valence electrons. The molecule has 4 nitrogen and oxygen atoms in total. The molecule has 0 aliphatic carbocycles. The van der Waals surface area contributed by atoms with Crippen LogP contribution in [0, 0.1) is 6.92 Å². The van der Waals surface area contributed by atoms with Gasteiger partial charge in [0.05, 0.1) is 0 Å². The van der Waals surface area contributed by atoms with E-state index in [-0.39, 0.29) is 0 Å². The van der Waals surface area contributed by atoms with Crippen LogP contribution >= 0.6 is 11.5 Å². The van der Waals surface area contributed by atoms with E-state index in [2.05, 4.69) is 52.2 Å². The quantitative estimate of drug-likeness (QED) is 0.863. The number of hydrogen-bond donors (Lipinski definition) is 1. The Morgan fingerprint density at radius 1 is 1.40 bits per heavy atom. The van der Waals surface area contributed by atoms with Crippen LogP contribution in [0.2, 0.25) is 0 Å². The van der Waals surface area contributed by atoms with E-state index >= 15 is 0 Å². The molecule has 5 heteroatoms. The molecule has 0 radical (unpaired) electrons. The van der Waals surface area contributed by atoms with E-state index in [4.69, 9.17) is 0 Å². The maximum absolute atomic E-state index is 3.87. The minimum atomic E-state index is 0.735. The van der Waals surface area contributed by atoms with Crippen molar-refractivity contribution in [2.45, 2.75) is 20.3 Å². The molecule has 0 saturated carbocycles. The van der Waals surface area contributed by atoms with Crippen molar-refractivity contribution in [2.75, 3.05) is 5.32 Å². The van der Waals surface area contributed by atoms with Crippen molar-refractivity contribution in [3.8, 4) is 0 Å². The van der Waals surface area contributed by atoms with Gasteiger partial charge in [-0.3, -0.25) is 0 Å².